The smallest absolute Gasteiger partial charge is 0.252 e. The van der Waals surface area contributed by atoms with Crippen molar-refractivity contribution in [2.45, 2.75) is 19.9 Å². The fourth-order valence-electron chi connectivity index (χ4n) is 1.20. The van der Waals surface area contributed by atoms with Gasteiger partial charge in [-0.1, -0.05) is 6.92 Å². The van der Waals surface area contributed by atoms with Gasteiger partial charge in [-0.15, -0.1) is 23.7 Å². The summed E-state index contributed by atoms with van der Waals surface area (Å²) in [5, 5.41) is 7.96. The maximum atomic E-state index is 11.6. The van der Waals surface area contributed by atoms with E-state index in [1.165, 1.54) is 11.3 Å². The average Bonchev–Trinajstić information content (AvgIpc) is 2.62. The highest BCUT2D eigenvalue weighted by Gasteiger charge is 2.08. The number of rotatable bonds is 5. The zero-order valence-electron chi connectivity index (χ0n) is 9.25. The number of nitrogens with one attached hydrogen (secondary N) is 2. The molecule has 16 heavy (non-hydrogen) atoms. The number of likely N-dealkylation sites (N-methyl/N-ethyl adjacent to an activating group) is 1. The summed E-state index contributed by atoms with van der Waals surface area (Å²) in [7, 11) is 0. The minimum Gasteiger partial charge on any atom is -0.350 e. The van der Waals surface area contributed by atoms with E-state index in [0.717, 1.165) is 15.9 Å². The van der Waals surface area contributed by atoms with Crippen molar-refractivity contribution in [2.24, 2.45) is 0 Å². The molecule has 0 fully saturated rings. The van der Waals surface area contributed by atoms with Crippen LogP contribution in [0.3, 0.4) is 0 Å². The predicted molar refractivity (Wildman–Crippen MR) is 74.7 cm³/mol. The van der Waals surface area contributed by atoms with Gasteiger partial charge in [0, 0.05) is 18.0 Å². The third kappa shape index (κ3) is 5.30. The molecule has 0 saturated heterocycles. The first-order chi connectivity index (χ1) is 7.13. The van der Waals surface area contributed by atoms with Gasteiger partial charge in [-0.25, -0.2) is 0 Å². The Balaban J connectivity index is 0.00000225. The van der Waals surface area contributed by atoms with Gasteiger partial charge in [0.25, 0.3) is 5.91 Å². The van der Waals surface area contributed by atoms with Crippen LogP contribution < -0.4 is 10.6 Å². The Hall–Kier alpha value is -0.100. The summed E-state index contributed by atoms with van der Waals surface area (Å²) in [4.78, 5) is 11.6. The molecule has 0 aromatic carbocycles. The van der Waals surface area contributed by atoms with Crippen LogP contribution in [-0.2, 0) is 0 Å². The second-order valence-electron chi connectivity index (χ2n) is 3.31. The van der Waals surface area contributed by atoms with Crippen LogP contribution in [0.1, 0.15) is 24.2 Å². The maximum absolute atomic E-state index is 11.6. The molecular weight excluding hydrogens is 312 g/mol. The van der Waals surface area contributed by atoms with Crippen LogP contribution in [0.4, 0.5) is 0 Å². The SMILES string of the molecule is CCN[C@H](C)CNC(=O)c1csc(Br)c1.Cl. The molecule has 3 nitrogen and oxygen atoms in total. The molecule has 1 amide bonds. The quantitative estimate of drug-likeness (QED) is 0.873. The topological polar surface area (TPSA) is 41.1 Å². The van der Waals surface area contributed by atoms with Crippen molar-refractivity contribution in [3.63, 3.8) is 0 Å². The lowest BCUT2D eigenvalue weighted by Crippen LogP contribution is -2.38. The lowest BCUT2D eigenvalue weighted by Gasteiger charge is -2.12. The van der Waals surface area contributed by atoms with Crippen molar-refractivity contribution in [1.29, 1.82) is 0 Å². The van der Waals surface area contributed by atoms with Gasteiger partial charge in [0.1, 0.15) is 0 Å². The molecule has 0 aliphatic carbocycles. The third-order valence-electron chi connectivity index (χ3n) is 1.95. The van der Waals surface area contributed by atoms with Crippen LogP contribution in [0.2, 0.25) is 0 Å². The van der Waals surface area contributed by atoms with Crippen molar-refractivity contribution in [2.75, 3.05) is 13.1 Å². The van der Waals surface area contributed by atoms with Crippen molar-refractivity contribution >= 4 is 45.6 Å². The zero-order valence-corrected chi connectivity index (χ0v) is 12.5. The third-order valence-corrected chi connectivity index (χ3v) is 3.46. The fraction of sp³-hybridized carbons (Fsp3) is 0.500. The molecule has 92 valence electrons. The van der Waals surface area contributed by atoms with Crippen LogP contribution in [0.15, 0.2) is 15.2 Å². The molecule has 2 N–H and O–H groups in total. The molecule has 0 spiro atoms. The summed E-state index contributed by atoms with van der Waals surface area (Å²) < 4.78 is 0.979. The fourth-order valence-corrected chi connectivity index (χ4v) is 2.33. The Kier molecular flexibility index (Phi) is 8.01. The predicted octanol–water partition coefficient (Wildman–Crippen LogP) is 2.66. The lowest BCUT2D eigenvalue weighted by molar-refractivity contribution is 0.0950. The summed E-state index contributed by atoms with van der Waals surface area (Å²) in [6.07, 6.45) is 0. The van der Waals surface area contributed by atoms with E-state index in [-0.39, 0.29) is 18.3 Å². The summed E-state index contributed by atoms with van der Waals surface area (Å²) in [6.45, 7) is 5.67. The first-order valence-electron chi connectivity index (χ1n) is 4.89. The standard InChI is InChI=1S/C10H15BrN2OS.ClH/c1-3-12-7(2)5-13-10(14)8-4-9(11)15-6-8;/h4,6-7,12H,3,5H2,1-2H3,(H,13,14);1H/t7-;/m1./s1. The van der Waals surface area contributed by atoms with E-state index in [1.54, 1.807) is 0 Å². The number of carbonyl (C=O) groups is 1. The minimum absolute atomic E-state index is 0. The molecule has 0 saturated carbocycles. The van der Waals surface area contributed by atoms with Crippen molar-refractivity contribution < 1.29 is 4.79 Å². The molecule has 1 heterocycles. The summed E-state index contributed by atoms with van der Waals surface area (Å²) in [5.41, 5.74) is 0.718. The van der Waals surface area contributed by atoms with E-state index in [1.807, 2.05) is 25.3 Å². The second kappa shape index (κ2) is 8.06. The molecule has 1 aromatic heterocycles. The number of amides is 1. The Bertz CT molecular complexity index is 332. The van der Waals surface area contributed by atoms with E-state index in [2.05, 4.69) is 26.6 Å². The Morgan fingerprint density at radius 3 is 2.81 bits per heavy atom. The van der Waals surface area contributed by atoms with Crippen molar-refractivity contribution in [1.82, 2.24) is 10.6 Å². The van der Waals surface area contributed by atoms with Gasteiger partial charge in [0.2, 0.25) is 0 Å². The molecule has 0 aliphatic heterocycles. The Labute approximate surface area is 115 Å². The van der Waals surface area contributed by atoms with Crippen molar-refractivity contribution in [3.05, 3.63) is 20.8 Å². The second-order valence-corrected chi connectivity index (χ2v) is 5.60. The van der Waals surface area contributed by atoms with Gasteiger partial charge in [-0.05, 0) is 35.5 Å². The van der Waals surface area contributed by atoms with E-state index >= 15 is 0 Å². The highest BCUT2D eigenvalue weighted by molar-refractivity contribution is 9.11. The highest BCUT2D eigenvalue weighted by Crippen LogP contribution is 2.20. The largest absolute Gasteiger partial charge is 0.350 e. The highest BCUT2D eigenvalue weighted by atomic mass is 79.9. The summed E-state index contributed by atoms with van der Waals surface area (Å²) in [6, 6.07) is 2.14. The molecule has 0 bridgehead atoms. The van der Waals surface area contributed by atoms with E-state index in [9.17, 15) is 4.79 Å². The van der Waals surface area contributed by atoms with E-state index in [0.29, 0.717) is 12.6 Å². The van der Waals surface area contributed by atoms with Gasteiger partial charge >= 0.3 is 0 Å². The minimum atomic E-state index is -0.0123. The lowest BCUT2D eigenvalue weighted by atomic mass is 10.3. The van der Waals surface area contributed by atoms with Gasteiger partial charge in [-0.3, -0.25) is 4.79 Å². The first kappa shape index (κ1) is 15.9. The summed E-state index contributed by atoms with van der Waals surface area (Å²) in [5.74, 6) is -0.0123. The van der Waals surface area contributed by atoms with Gasteiger partial charge < -0.3 is 10.6 Å². The molecule has 6 heteroatoms. The maximum Gasteiger partial charge on any atom is 0.252 e. The molecule has 0 unspecified atom stereocenters. The van der Waals surface area contributed by atoms with Crippen molar-refractivity contribution in [3.8, 4) is 0 Å². The van der Waals surface area contributed by atoms with E-state index < -0.39 is 0 Å². The van der Waals surface area contributed by atoms with Gasteiger partial charge in [0.15, 0.2) is 0 Å². The molecular formula is C10H16BrClN2OS. The number of hydrogen-bond acceptors (Lipinski definition) is 3. The number of halogens is 2. The Morgan fingerprint density at radius 2 is 2.31 bits per heavy atom. The van der Waals surface area contributed by atoms with Crippen LogP contribution in [0.5, 0.6) is 0 Å². The Morgan fingerprint density at radius 1 is 1.62 bits per heavy atom. The number of hydrogen-bond donors (Lipinski definition) is 2. The number of carbonyl (C=O) groups excluding carboxylic acids is 1. The average molecular weight is 328 g/mol. The molecule has 1 rings (SSSR count). The number of thiophene rings is 1. The molecule has 1 atom stereocenters. The zero-order chi connectivity index (χ0) is 11.3. The van der Waals surface area contributed by atoms with Gasteiger partial charge in [-0.2, -0.15) is 0 Å². The normalized spacial score (nSPS) is 11.7. The van der Waals surface area contributed by atoms with Crippen LogP contribution in [0.25, 0.3) is 0 Å². The van der Waals surface area contributed by atoms with Crippen LogP contribution >= 0.6 is 39.7 Å². The molecule has 0 radical (unpaired) electrons. The van der Waals surface area contributed by atoms with Gasteiger partial charge in [0.05, 0.1) is 9.35 Å². The van der Waals surface area contributed by atoms with Crippen LogP contribution in [0, 0.1) is 0 Å². The van der Waals surface area contributed by atoms with E-state index in [4.69, 9.17) is 0 Å². The monoisotopic (exact) mass is 326 g/mol. The molecule has 1 aromatic rings. The summed E-state index contributed by atoms with van der Waals surface area (Å²) >= 11 is 4.85. The molecule has 0 aliphatic rings. The first-order valence-corrected chi connectivity index (χ1v) is 6.56. The van der Waals surface area contributed by atoms with Crippen LogP contribution in [-0.4, -0.2) is 25.0 Å².